The van der Waals surface area contributed by atoms with E-state index in [1.807, 2.05) is 71.0 Å². The number of hydrogen-bond donors (Lipinski definition) is 1. The Kier molecular flexibility index (Phi) is 10.7. The average Bonchev–Trinajstić information content (AvgIpc) is 2.98. The molecule has 0 saturated heterocycles. The van der Waals surface area contributed by atoms with E-state index in [9.17, 15) is 18.0 Å². The molecule has 1 N–H and O–H groups in total. The molecule has 1 saturated carbocycles. The van der Waals surface area contributed by atoms with E-state index < -0.39 is 28.5 Å². The number of nitrogens with zero attached hydrogens (tertiary/aromatic N) is 2. The smallest absolute Gasteiger partial charge is 0.264 e. The second kappa shape index (κ2) is 14.2. The lowest BCUT2D eigenvalue weighted by atomic mass is 9.95. The van der Waals surface area contributed by atoms with Crippen molar-refractivity contribution in [2.45, 2.75) is 96.7 Å². The zero-order valence-corrected chi connectivity index (χ0v) is 26.9. The molecule has 7 nitrogen and oxygen atoms in total. The number of aryl methyl sites for hydroxylation is 4. The Labute approximate surface area is 257 Å². The highest BCUT2D eigenvalue weighted by molar-refractivity contribution is 7.92. The van der Waals surface area contributed by atoms with E-state index in [1.165, 1.54) is 10.7 Å². The van der Waals surface area contributed by atoms with E-state index >= 15 is 0 Å². The lowest BCUT2D eigenvalue weighted by Crippen LogP contribution is -2.54. The van der Waals surface area contributed by atoms with Crippen molar-refractivity contribution in [2.24, 2.45) is 0 Å². The zero-order valence-electron chi connectivity index (χ0n) is 26.1. The molecule has 2 amide bonds. The summed E-state index contributed by atoms with van der Waals surface area (Å²) in [5.41, 5.74) is 4.92. The van der Waals surface area contributed by atoms with Crippen LogP contribution in [0.2, 0.25) is 0 Å². The summed E-state index contributed by atoms with van der Waals surface area (Å²) >= 11 is 0. The van der Waals surface area contributed by atoms with Gasteiger partial charge in [-0.3, -0.25) is 13.9 Å². The first-order valence-corrected chi connectivity index (χ1v) is 16.8. The van der Waals surface area contributed by atoms with Gasteiger partial charge in [-0.05, 0) is 87.4 Å². The van der Waals surface area contributed by atoms with Crippen LogP contribution in [0, 0.1) is 27.7 Å². The minimum atomic E-state index is -4.11. The van der Waals surface area contributed by atoms with Crippen LogP contribution in [0.4, 0.5) is 5.69 Å². The van der Waals surface area contributed by atoms with Gasteiger partial charge in [-0.15, -0.1) is 0 Å². The number of carbonyl (C=O) groups excluding carboxylic acids is 2. The fourth-order valence-corrected chi connectivity index (χ4v) is 7.24. The van der Waals surface area contributed by atoms with Gasteiger partial charge in [0, 0.05) is 12.6 Å². The minimum absolute atomic E-state index is 0.0964. The normalized spacial score (nSPS) is 14.6. The van der Waals surface area contributed by atoms with Gasteiger partial charge in [-0.25, -0.2) is 8.42 Å². The van der Waals surface area contributed by atoms with Gasteiger partial charge >= 0.3 is 0 Å². The molecule has 0 spiro atoms. The molecule has 0 aliphatic heterocycles. The molecule has 0 bridgehead atoms. The van der Waals surface area contributed by atoms with Crippen LogP contribution in [0.15, 0.2) is 71.6 Å². The van der Waals surface area contributed by atoms with Crippen molar-refractivity contribution in [3.05, 3.63) is 94.5 Å². The number of benzene rings is 3. The number of hydrogen-bond acceptors (Lipinski definition) is 4. The first kappa shape index (κ1) is 32.3. The molecule has 0 heterocycles. The van der Waals surface area contributed by atoms with E-state index in [0.717, 1.165) is 53.5 Å². The lowest BCUT2D eigenvalue weighted by molar-refractivity contribution is -0.140. The number of nitrogens with one attached hydrogen (secondary N) is 1. The summed E-state index contributed by atoms with van der Waals surface area (Å²) in [7, 11) is -4.11. The molecule has 1 aliphatic carbocycles. The molecule has 1 aliphatic rings. The van der Waals surface area contributed by atoms with Crippen molar-refractivity contribution in [1.82, 2.24) is 10.2 Å². The van der Waals surface area contributed by atoms with Gasteiger partial charge in [0.2, 0.25) is 11.8 Å². The summed E-state index contributed by atoms with van der Waals surface area (Å²) in [5.74, 6) is -0.610. The fourth-order valence-electron chi connectivity index (χ4n) is 5.77. The van der Waals surface area contributed by atoms with E-state index in [-0.39, 0.29) is 23.4 Å². The van der Waals surface area contributed by atoms with Gasteiger partial charge in [0.05, 0.1) is 10.6 Å². The van der Waals surface area contributed by atoms with Crippen LogP contribution in [0.1, 0.15) is 73.3 Å². The predicted molar refractivity (Wildman–Crippen MR) is 172 cm³/mol. The quantitative estimate of drug-likeness (QED) is 0.276. The van der Waals surface area contributed by atoms with Crippen molar-refractivity contribution < 1.29 is 18.0 Å². The molecule has 230 valence electrons. The maximum Gasteiger partial charge on any atom is 0.264 e. The first-order chi connectivity index (χ1) is 20.5. The van der Waals surface area contributed by atoms with Gasteiger partial charge in [0.15, 0.2) is 0 Å². The van der Waals surface area contributed by atoms with Crippen molar-refractivity contribution in [2.75, 3.05) is 10.8 Å². The van der Waals surface area contributed by atoms with Gasteiger partial charge in [0.25, 0.3) is 10.0 Å². The lowest BCUT2D eigenvalue weighted by Gasteiger charge is -2.35. The van der Waals surface area contributed by atoms with Crippen molar-refractivity contribution in [3.63, 3.8) is 0 Å². The third-order valence-corrected chi connectivity index (χ3v) is 10.2. The maximum atomic E-state index is 14.4. The molecule has 3 aromatic carbocycles. The molecular weight excluding hydrogens is 558 g/mol. The summed E-state index contributed by atoms with van der Waals surface area (Å²) in [6.45, 7) is 9.28. The first-order valence-electron chi connectivity index (χ1n) is 15.3. The van der Waals surface area contributed by atoms with Gasteiger partial charge < -0.3 is 10.2 Å². The predicted octanol–water partition coefficient (Wildman–Crippen LogP) is 6.37. The average molecular weight is 604 g/mol. The van der Waals surface area contributed by atoms with Gasteiger partial charge in [-0.1, -0.05) is 80.3 Å². The topological polar surface area (TPSA) is 86.8 Å². The molecule has 4 rings (SSSR count). The molecular formula is C35H45N3O4S. The van der Waals surface area contributed by atoms with Crippen LogP contribution >= 0.6 is 0 Å². The van der Waals surface area contributed by atoms with Crippen molar-refractivity contribution >= 4 is 27.5 Å². The molecule has 0 radical (unpaired) electrons. The van der Waals surface area contributed by atoms with Gasteiger partial charge in [-0.2, -0.15) is 0 Å². The second-order valence-corrected chi connectivity index (χ2v) is 13.7. The summed E-state index contributed by atoms with van der Waals surface area (Å²) in [6, 6.07) is 19.4. The van der Waals surface area contributed by atoms with Crippen LogP contribution in [0.5, 0.6) is 0 Å². The Morgan fingerprint density at radius 2 is 1.51 bits per heavy atom. The van der Waals surface area contributed by atoms with Crippen LogP contribution in [-0.4, -0.2) is 43.8 Å². The molecule has 8 heteroatoms. The number of sulfonamides is 1. The Balaban J connectivity index is 1.74. The Morgan fingerprint density at radius 1 is 0.860 bits per heavy atom. The Hall–Kier alpha value is -3.65. The van der Waals surface area contributed by atoms with E-state index in [0.29, 0.717) is 12.1 Å². The number of carbonyl (C=O) groups is 2. The molecule has 1 atom stereocenters. The highest BCUT2D eigenvalue weighted by Gasteiger charge is 2.35. The van der Waals surface area contributed by atoms with Crippen molar-refractivity contribution in [1.29, 1.82) is 0 Å². The third-order valence-electron chi connectivity index (χ3n) is 8.46. The van der Waals surface area contributed by atoms with Gasteiger partial charge in [0.1, 0.15) is 12.6 Å². The highest BCUT2D eigenvalue weighted by atomic mass is 32.2. The maximum absolute atomic E-state index is 14.4. The Bertz CT molecular complexity index is 1530. The fraction of sp³-hybridized carbons (Fsp3) is 0.429. The van der Waals surface area contributed by atoms with Crippen LogP contribution in [-0.2, 0) is 26.2 Å². The molecule has 0 aromatic heterocycles. The summed E-state index contributed by atoms with van der Waals surface area (Å²) in [4.78, 5) is 29.8. The van der Waals surface area contributed by atoms with Crippen LogP contribution < -0.4 is 9.62 Å². The molecule has 1 unspecified atom stereocenters. The number of amides is 2. The van der Waals surface area contributed by atoms with E-state index in [4.69, 9.17) is 0 Å². The van der Waals surface area contributed by atoms with Crippen molar-refractivity contribution in [3.8, 4) is 0 Å². The summed E-state index contributed by atoms with van der Waals surface area (Å²) in [5, 5.41) is 3.20. The number of anilines is 1. The number of rotatable bonds is 11. The standard InChI is InChI=1S/C35H45N3O4S/c1-6-32(35(40)36-30-14-8-7-9-15-30)37(23-29-13-11-10-12-27(29)4)34(39)24-38(33-22-26(3)16-19-28(33)5)43(41,42)31-20-17-25(2)18-21-31/h10-13,16-22,30,32H,6-9,14-15,23-24H2,1-5H3,(H,36,40). The highest BCUT2D eigenvalue weighted by Crippen LogP contribution is 2.29. The van der Waals surface area contributed by atoms with E-state index in [1.54, 1.807) is 35.2 Å². The van der Waals surface area contributed by atoms with Crippen LogP contribution in [0.3, 0.4) is 0 Å². The zero-order chi connectivity index (χ0) is 31.1. The molecule has 43 heavy (non-hydrogen) atoms. The minimum Gasteiger partial charge on any atom is -0.352 e. The summed E-state index contributed by atoms with van der Waals surface area (Å²) in [6.07, 6.45) is 5.60. The monoisotopic (exact) mass is 603 g/mol. The molecule has 3 aromatic rings. The van der Waals surface area contributed by atoms with Crippen LogP contribution in [0.25, 0.3) is 0 Å². The SMILES string of the molecule is CCC(C(=O)NC1CCCCC1)N(Cc1ccccc1C)C(=O)CN(c1cc(C)ccc1C)S(=O)(=O)c1ccc(C)cc1. The molecule has 1 fully saturated rings. The summed E-state index contributed by atoms with van der Waals surface area (Å²) < 4.78 is 29.6. The third kappa shape index (κ3) is 7.85. The van der Waals surface area contributed by atoms with E-state index in [2.05, 4.69) is 5.32 Å². The Morgan fingerprint density at radius 3 is 2.16 bits per heavy atom. The largest absolute Gasteiger partial charge is 0.352 e. The second-order valence-electron chi connectivity index (χ2n) is 11.8.